The number of carbonyl (C=O) groups is 3. The van der Waals surface area contributed by atoms with Gasteiger partial charge in [-0.1, -0.05) is 26.0 Å². The number of halogens is 3. The summed E-state index contributed by atoms with van der Waals surface area (Å²) in [6.45, 7) is 6.70. The molecular weight excluding hydrogens is 464 g/mol. The topological polar surface area (TPSA) is 93.7 Å². The molecule has 0 unspecified atom stereocenters. The normalized spacial score (nSPS) is 14.1. The third-order valence-electron chi connectivity index (χ3n) is 5.44. The summed E-state index contributed by atoms with van der Waals surface area (Å²) in [5.74, 6) is -2.26. The van der Waals surface area contributed by atoms with E-state index in [9.17, 15) is 27.6 Å². The minimum Gasteiger partial charge on any atom is -0.524 e. The van der Waals surface area contributed by atoms with Gasteiger partial charge in [0.2, 0.25) is 5.91 Å². The fraction of sp³-hybridized carbons (Fsp3) is 0.375. The van der Waals surface area contributed by atoms with Crippen molar-refractivity contribution in [1.82, 2.24) is 10.6 Å². The van der Waals surface area contributed by atoms with E-state index in [0.29, 0.717) is 17.7 Å². The van der Waals surface area contributed by atoms with Crippen molar-refractivity contribution in [2.75, 3.05) is 6.54 Å². The van der Waals surface area contributed by atoms with Crippen LogP contribution in [0, 0.1) is 19.8 Å². The van der Waals surface area contributed by atoms with E-state index in [1.165, 1.54) is 13.0 Å². The number of hydrogen-bond donors (Lipinski definition) is 2. The monoisotopic (exact) mass is 490 g/mol. The number of amides is 2. The Morgan fingerprint density at radius 3 is 2.43 bits per heavy atom. The number of rotatable bonds is 7. The Hall–Kier alpha value is -3.50. The largest absolute Gasteiger partial charge is 0.620 e. The van der Waals surface area contributed by atoms with Crippen molar-refractivity contribution in [2.45, 2.75) is 46.2 Å². The first-order chi connectivity index (χ1) is 16.3. The Labute approximate surface area is 201 Å². The molecule has 3 rings (SSSR count). The van der Waals surface area contributed by atoms with Crippen LogP contribution in [-0.4, -0.2) is 37.4 Å². The van der Waals surface area contributed by atoms with E-state index in [1.807, 2.05) is 20.8 Å². The molecule has 186 valence electrons. The van der Waals surface area contributed by atoms with Gasteiger partial charge >= 0.3 is 19.3 Å². The van der Waals surface area contributed by atoms with E-state index in [-0.39, 0.29) is 17.0 Å². The van der Waals surface area contributed by atoms with Crippen molar-refractivity contribution < 1.29 is 36.9 Å². The highest BCUT2D eigenvalue weighted by atomic mass is 19.4. The van der Waals surface area contributed by atoms with E-state index in [1.54, 1.807) is 18.2 Å². The van der Waals surface area contributed by atoms with Gasteiger partial charge in [0.15, 0.2) is 0 Å². The van der Waals surface area contributed by atoms with E-state index < -0.39 is 49.1 Å². The lowest BCUT2D eigenvalue weighted by molar-refractivity contribution is -0.137. The molecule has 0 aliphatic carbocycles. The summed E-state index contributed by atoms with van der Waals surface area (Å²) < 4.78 is 50.3. The van der Waals surface area contributed by atoms with Crippen molar-refractivity contribution in [2.24, 2.45) is 5.92 Å². The third-order valence-corrected chi connectivity index (χ3v) is 5.44. The molecule has 35 heavy (non-hydrogen) atoms. The first-order valence-electron chi connectivity index (χ1n) is 11.1. The molecule has 7 nitrogen and oxygen atoms in total. The molecule has 1 heterocycles. The lowest BCUT2D eigenvalue weighted by Gasteiger charge is -2.29. The van der Waals surface area contributed by atoms with E-state index in [4.69, 9.17) is 9.31 Å². The van der Waals surface area contributed by atoms with E-state index >= 15 is 0 Å². The van der Waals surface area contributed by atoms with E-state index in [0.717, 1.165) is 17.7 Å². The zero-order valence-corrected chi connectivity index (χ0v) is 19.8. The van der Waals surface area contributed by atoms with Gasteiger partial charge in [-0.2, -0.15) is 13.2 Å². The zero-order chi connectivity index (χ0) is 25.9. The first kappa shape index (κ1) is 26.1. The van der Waals surface area contributed by atoms with Crippen LogP contribution < -0.4 is 15.3 Å². The molecule has 2 amide bonds. The number of aryl methyl sites for hydroxylation is 2. The van der Waals surface area contributed by atoms with Crippen LogP contribution >= 0.6 is 0 Å². The minimum absolute atomic E-state index is 0.101. The van der Waals surface area contributed by atoms with Crippen LogP contribution in [0.3, 0.4) is 0 Å². The molecule has 0 saturated carbocycles. The highest BCUT2D eigenvalue weighted by molar-refractivity contribution is 6.51. The summed E-state index contributed by atoms with van der Waals surface area (Å²) in [5.41, 5.74) is 0.369. The second-order valence-electron chi connectivity index (χ2n) is 8.90. The average Bonchev–Trinajstić information content (AvgIpc) is 2.75. The van der Waals surface area contributed by atoms with Crippen LogP contribution in [0.1, 0.15) is 57.7 Å². The second-order valence-corrected chi connectivity index (χ2v) is 8.90. The van der Waals surface area contributed by atoms with Crippen LogP contribution in [-0.2, 0) is 15.6 Å². The molecule has 1 atom stereocenters. The predicted octanol–water partition coefficient (Wildman–Crippen LogP) is 3.86. The van der Waals surface area contributed by atoms with Crippen molar-refractivity contribution >= 4 is 24.9 Å². The van der Waals surface area contributed by atoms with Crippen LogP contribution in [0.4, 0.5) is 13.2 Å². The van der Waals surface area contributed by atoms with Gasteiger partial charge in [-0.05, 0) is 61.6 Å². The summed E-state index contributed by atoms with van der Waals surface area (Å²) in [5, 5.41) is 5.05. The molecule has 11 heteroatoms. The number of benzene rings is 2. The number of hydrogen-bond acceptors (Lipinski definition) is 5. The maximum Gasteiger partial charge on any atom is 0.620 e. The quantitative estimate of drug-likeness (QED) is 0.576. The number of carbonyl (C=O) groups excluding carboxylic acids is 3. The van der Waals surface area contributed by atoms with Gasteiger partial charge in [-0.15, -0.1) is 0 Å². The molecule has 0 radical (unpaired) electrons. The van der Waals surface area contributed by atoms with Crippen molar-refractivity contribution in [3.63, 3.8) is 0 Å². The van der Waals surface area contributed by atoms with Gasteiger partial charge < -0.3 is 19.9 Å². The van der Waals surface area contributed by atoms with Gasteiger partial charge in [0.1, 0.15) is 5.75 Å². The Morgan fingerprint density at radius 1 is 1.06 bits per heavy atom. The molecular formula is C24H26BF3N2O5. The van der Waals surface area contributed by atoms with Crippen LogP contribution in [0.5, 0.6) is 5.75 Å². The van der Waals surface area contributed by atoms with Gasteiger partial charge in [-0.3, -0.25) is 9.59 Å². The highest BCUT2D eigenvalue weighted by Crippen LogP contribution is 2.30. The minimum atomic E-state index is -4.60. The summed E-state index contributed by atoms with van der Waals surface area (Å²) in [6.07, 6.45) is -4.19. The molecule has 2 aromatic carbocycles. The first-order valence-corrected chi connectivity index (χ1v) is 11.1. The van der Waals surface area contributed by atoms with Gasteiger partial charge in [0.25, 0.3) is 5.91 Å². The number of alkyl halides is 3. The SMILES string of the molecule is Cc1ccc2c(c1)OB([C@H](CC(C)C)NC(=O)CNC(=O)c1cc(C(F)(F)F)ccc1C)OC2=O. The zero-order valence-electron chi connectivity index (χ0n) is 19.8. The molecule has 0 saturated heterocycles. The Balaban J connectivity index is 1.68. The summed E-state index contributed by atoms with van der Waals surface area (Å²) in [6, 6.07) is 7.90. The molecule has 1 aliphatic rings. The summed E-state index contributed by atoms with van der Waals surface area (Å²) in [7, 11) is -1.08. The number of fused-ring (bicyclic) bond motifs is 1. The van der Waals surface area contributed by atoms with Crippen LogP contribution in [0.15, 0.2) is 36.4 Å². The summed E-state index contributed by atoms with van der Waals surface area (Å²) in [4.78, 5) is 37.5. The van der Waals surface area contributed by atoms with Crippen molar-refractivity contribution in [3.8, 4) is 5.75 Å². The molecule has 0 aromatic heterocycles. The van der Waals surface area contributed by atoms with Gasteiger partial charge in [-0.25, -0.2) is 4.79 Å². The van der Waals surface area contributed by atoms with Crippen LogP contribution in [0.25, 0.3) is 0 Å². The molecule has 2 aromatic rings. The highest BCUT2D eigenvalue weighted by Gasteiger charge is 2.42. The molecule has 0 fully saturated rings. The fourth-order valence-electron chi connectivity index (χ4n) is 3.68. The lowest BCUT2D eigenvalue weighted by Crippen LogP contribution is -2.55. The van der Waals surface area contributed by atoms with Gasteiger partial charge in [0, 0.05) is 5.56 Å². The molecule has 0 spiro atoms. The standard InChI is InChI=1S/C24H26BF3N2O5/c1-13(2)9-20(25-34-19-10-14(3)5-8-17(19)23(33)35-25)30-21(31)12-29-22(32)18-11-16(24(26,27)28)7-6-15(18)4/h5-8,10-11,13,20H,9,12H2,1-4H3,(H,29,32)(H,30,31)/t20-/m0/s1. The maximum atomic E-state index is 13.0. The lowest BCUT2D eigenvalue weighted by atomic mass is 9.72. The van der Waals surface area contributed by atoms with Crippen LogP contribution in [0.2, 0.25) is 0 Å². The predicted molar refractivity (Wildman–Crippen MR) is 123 cm³/mol. The van der Waals surface area contributed by atoms with Gasteiger partial charge in [0.05, 0.1) is 23.6 Å². The molecule has 1 aliphatic heterocycles. The smallest absolute Gasteiger partial charge is 0.524 e. The summed E-state index contributed by atoms with van der Waals surface area (Å²) >= 11 is 0. The molecule has 0 bridgehead atoms. The van der Waals surface area contributed by atoms with E-state index in [2.05, 4.69) is 10.6 Å². The average molecular weight is 490 g/mol. The molecule has 2 N–H and O–H groups in total. The third kappa shape index (κ3) is 6.55. The Kier molecular flexibility index (Phi) is 7.77. The maximum absolute atomic E-state index is 13.0. The number of nitrogens with one attached hydrogen (secondary N) is 2. The fourth-order valence-corrected chi connectivity index (χ4v) is 3.68. The Morgan fingerprint density at radius 2 is 1.77 bits per heavy atom. The van der Waals surface area contributed by atoms with Crippen molar-refractivity contribution in [3.05, 3.63) is 64.2 Å². The second kappa shape index (κ2) is 10.4. The van der Waals surface area contributed by atoms with Crippen molar-refractivity contribution in [1.29, 1.82) is 0 Å². The Bertz CT molecular complexity index is 1140.